The lowest BCUT2D eigenvalue weighted by molar-refractivity contribution is -0.274. The van der Waals surface area contributed by atoms with E-state index in [4.69, 9.17) is 4.74 Å². The number of fused-ring (bicyclic) bond motifs is 1. The SMILES string of the molecule is CC(C)N1CC2C(CN(Cc3cccc(OC(F)(F)F)c3)C(=O)Oc3cn(C)cn3)C2C1. The molecule has 1 saturated carbocycles. The highest BCUT2D eigenvalue weighted by Gasteiger charge is 2.56. The number of halogens is 3. The first-order valence-electron chi connectivity index (χ1n) is 10.6. The highest BCUT2D eigenvalue weighted by molar-refractivity contribution is 5.70. The third kappa shape index (κ3) is 5.35. The second kappa shape index (κ2) is 8.65. The standard InChI is InChI=1S/C22H27F3N4O3/c1-14(2)28-9-17-18(10-28)19(17)11-29(21(30)31-20-12-27(3)13-26-20)8-15-5-4-6-16(7-15)32-22(23,24)25/h4-7,12-14,17-19H,8-11H2,1-3H3. The Labute approximate surface area is 184 Å². The molecule has 32 heavy (non-hydrogen) atoms. The highest BCUT2D eigenvalue weighted by atomic mass is 19.4. The maximum absolute atomic E-state index is 12.9. The maximum Gasteiger partial charge on any atom is 0.573 e. The lowest BCUT2D eigenvalue weighted by Crippen LogP contribution is -2.37. The summed E-state index contributed by atoms with van der Waals surface area (Å²) >= 11 is 0. The van der Waals surface area contributed by atoms with Crippen LogP contribution in [0.2, 0.25) is 0 Å². The second-order valence-corrected chi connectivity index (χ2v) is 8.86. The van der Waals surface area contributed by atoms with Crippen LogP contribution in [0.15, 0.2) is 36.8 Å². The van der Waals surface area contributed by atoms with Crippen LogP contribution in [0.5, 0.6) is 11.6 Å². The fourth-order valence-electron chi connectivity index (χ4n) is 4.49. The normalized spacial score (nSPS) is 22.7. The zero-order valence-corrected chi connectivity index (χ0v) is 18.2. The molecule has 4 rings (SSSR count). The molecule has 2 aliphatic rings. The van der Waals surface area contributed by atoms with E-state index in [9.17, 15) is 18.0 Å². The molecule has 2 heterocycles. The molecule has 0 spiro atoms. The number of carbonyl (C=O) groups is 1. The smallest absolute Gasteiger partial charge is 0.406 e. The van der Waals surface area contributed by atoms with E-state index >= 15 is 0 Å². The van der Waals surface area contributed by atoms with Gasteiger partial charge in [-0.15, -0.1) is 13.2 Å². The average molecular weight is 452 g/mol. The first kappa shape index (κ1) is 22.4. The molecule has 7 nitrogen and oxygen atoms in total. The van der Waals surface area contributed by atoms with Gasteiger partial charge in [0.1, 0.15) is 5.75 Å². The van der Waals surface area contributed by atoms with Crippen molar-refractivity contribution in [3.63, 3.8) is 0 Å². The molecule has 0 radical (unpaired) electrons. The van der Waals surface area contributed by atoms with Crippen molar-refractivity contribution in [2.75, 3.05) is 19.6 Å². The van der Waals surface area contributed by atoms with Gasteiger partial charge in [-0.25, -0.2) is 9.78 Å². The van der Waals surface area contributed by atoms with Crippen LogP contribution in [-0.2, 0) is 13.6 Å². The number of amides is 1. The van der Waals surface area contributed by atoms with E-state index in [-0.39, 0.29) is 18.2 Å². The van der Waals surface area contributed by atoms with Gasteiger partial charge in [-0.05, 0) is 49.3 Å². The molecule has 0 N–H and O–H groups in total. The number of aryl methyl sites for hydroxylation is 1. The van der Waals surface area contributed by atoms with Gasteiger partial charge in [0.2, 0.25) is 5.88 Å². The molecule has 10 heteroatoms. The van der Waals surface area contributed by atoms with Crippen molar-refractivity contribution in [3.05, 3.63) is 42.4 Å². The van der Waals surface area contributed by atoms with Crippen molar-refractivity contribution in [1.82, 2.24) is 19.4 Å². The van der Waals surface area contributed by atoms with E-state index in [1.807, 2.05) is 0 Å². The van der Waals surface area contributed by atoms with Crippen LogP contribution in [0.25, 0.3) is 0 Å². The topological polar surface area (TPSA) is 59.8 Å². The van der Waals surface area contributed by atoms with Crippen LogP contribution in [-0.4, -0.2) is 57.5 Å². The molecule has 2 fully saturated rings. The zero-order chi connectivity index (χ0) is 23.0. The summed E-state index contributed by atoms with van der Waals surface area (Å²) in [5.41, 5.74) is 0.527. The molecule has 1 aromatic heterocycles. The number of alkyl halides is 3. The third-order valence-corrected chi connectivity index (χ3v) is 6.20. The predicted octanol–water partition coefficient (Wildman–Crippen LogP) is 3.91. The van der Waals surface area contributed by atoms with E-state index in [0.29, 0.717) is 35.9 Å². The molecule has 1 amide bonds. The van der Waals surface area contributed by atoms with Gasteiger partial charge in [0.15, 0.2) is 0 Å². The number of nitrogens with zero attached hydrogens (tertiary/aromatic N) is 4. The number of benzene rings is 1. The highest BCUT2D eigenvalue weighted by Crippen LogP contribution is 2.52. The summed E-state index contributed by atoms with van der Waals surface area (Å²) in [6.07, 6.45) is -2.24. The van der Waals surface area contributed by atoms with Crippen molar-refractivity contribution in [2.24, 2.45) is 24.8 Å². The van der Waals surface area contributed by atoms with Crippen molar-refractivity contribution in [3.8, 4) is 11.6 Å². The van der Waals surface area contributed by atoms with Crippen LogP contribution in [0.3, 0.4) is 0 Å². The molecule has 174 valence electrons. The average Bonchev–Trinajstić information content (AvgIpc) is 3.03. The summed E-state index contributed by atoms with van der Waals surface area (Å²) in [5.74, 6) is 1.28. The van der Waals surface area contributed by atoms with Crippen LogP contribution in [0.4, 0.5) is 18.0 Å². The number of hydrogen-bond acceptors (Lipinski definition) is 5. The summed E-state index contributed by atoms with van der Waals surface area (Å²) in [6, 6.07) is 6.16. The number of imidazole rings is 1. The number of carbonyl (C=O) groups excluding carboxylic acids is 1. The van der Waals surface area contributed by atoms with Gasteiger partial charge >= 0.3 is 12.5 Å². The van der Waals surface area contributed by atoms with Gasteiger partial charge in [0.25, 0.3) is 0 Å². The lowest BCUT2D eigenvalue weighted by atomic mass is 10.1. The van der Waals surface area contributed by atoms with Crippen LogP contribution >= 0.6 is 0 Å². The van der Waals surface area contributed by atoms with E-state index in [0.717, 1.165) is 13.1 Å². The minimum absolute atomic E-state index is 0.116. The molecule has 1 aliphatic carbocycles. The van der Waals surface area contributed by atoms with E-state index in [1.54, 1.807) is 28.8 Å². The third-order valence-electron chi connectivity index (χ3n) is 6.20. The van der Waals surface area contributed by atoms with Gasteiger partial charge in [-0.3, -0.25) is 0 Å². The first-order valence-corrected chi connectivity index (χ1v) is 10.6. The lowest BCUT2D eigenvalue weighted by Gasteiger charge is -2.26. The molecule has 2 atom stereocenters. The molecule has 1 aromatic carbocycles. The number of piperidine rings is 1. The van der Waals surface area contributed by atoms with Gasteiger partial charge in [0.05, 0.1) is 12.5 Å². The summed E-state index contributed by atoms with van der Waals surface area (Å²) in [6.45, 7) is 6.95. The maximum atomic E-state index is 12.9. The van der Waals surface area contributed by atoms with Gasteiger partial charge in [-0.2, -0.15) is 0 Å². The summed E-state index contributed by atoms with van der Waals surface area (Å²) in [5, 5.41) is 0. The Bertz CT molecular complexity index is 950. The molecular weight excluding hydrogens is 425 g/mol. The Balaban J connectivity index is 1.46. The molecule has 1 saturated heterocycles. The minimum atomic E-state index is -4.77. The van der Waals surface area contributed by atoms with Crippen LogP contribution < -0.4 is 9.47 Å². The van der Waals surface area contributed by atoms with Crippen LogP contribution in [0.1, 0.15) is 19.4 Å². The molecule has 0 bridgehead atoms. The van der Waals surface area contributed by atoms with Gasteiger partial charge in [-0.1, -0.05) is 12.1 Å². The van der Waals surface area contributed by atoms with E-state index in [2.05, 4.69) is 28.5 Å². The van der Waals surface area contributed by atoms with E-state index < -0.39 is 12.5 Å². The van der Waals surface area contributed by atoms with Crippen molar-refractivity contribution in [1.29, 1.82) is 0 Å². The van der Waals surface area contributed by atoms with Gasteiger partial charge in [0, 0.05) is 39.3 Å². The molecule has 2 unspecified atom stereocenters. The molecule has 2 aromatic rings. The number of hydrogen-bond donors (Lipinski definition) is 0. The second-order valence-electron chi connectivity index (χ2n) is 8.86. The Hall–Kier alpha value is -2.75. The zero-order valence-electron chi connectivity index (χ0n) is 18.2. The summed E-state index contributed by atoms with van der Waals surface area (Å²) < 4.78 is 48.9. The first-order chi connectivity index (χ1) is 15.1. The number of likely N-dealkylation sites (tertiary alicyclic amines) is 1. The minimum Gasteiger partial charge on any atom is -0.406 e. The Morgan fingerprint density at radius 3 is 2.59 bits per heavy atom. The van der Waals surface area contributed by atoms with Crippen LogP contribution in [0, 0.1) is 17.8 Å². The number of aromatic nitrogens is 2. The largest absolute Gasteiger partial charge is 0.573 e. The summed E-state index contributed by atoms with van der Waals surface area (Å²) in [7, 11) is 1.76. The van der Waals surface area contributed by atoms with Crippen molar-refractivity contribution in [2.45, 2.75) is 32.8 Å². The summed E-state index contributed by atoms with van der Waals surface area (Å²) in [4.78, 5) is 20.9. The fourth-order valence-corrected chi connectivity index (χ4v) is 4.49. The quantitative estimate of drug-likeness (QED) is 0.638. The molecule has 1 aliphatic heterocycles. The van der Waals surface area contributed by atoms with Crippen molar-refractivity contribution >= 4 is 6.09 Å². The number of rotatable bonds is 7. The Morgan fingerprint density at radius 2 is 2.00 bits per heavy atom. The number of ether oxygens (including phenoxy) is 2. The Morgan fingerprint density at radius 1 is 1.28 bits per heavy atom. The van der Waals surface area contributed by atoms with Gasteiger partial charge < -0.3 is 23.8 Å². The monoisotopic (exact) mass is 452 g/mol. The van der Waals surface area contributed by atoms with Crippen molar-refractivity contribution < 1.29 is 27.4 Å². The fraction of sp³-hybridized carbons (Fsp3) is 0.545. The van der Waals surface area contributed by atoms with E-state index in [1.165, 1.54) is 24.5 Å². The molecular formula is C22H27F3N4O3. The Kier molecular flexibility index (Phi) is 6.07. The predicted molar refractivity (Wildman–Crippen MR) is 110 cm³/mol.